The number of aromatic nitrogens is 1. The Balaban J connectivity index is 1.76. The molecule has 1 aromatic carbocycles. The number of allylic oxidation sites excluding steroid dienone is 5. The highest BCUT2D eigenvalue weighted by atomic mass is 16.2. The Bertz CT molecular complexity index is 1150. The first-order valence-corrected chi connectivity index (χ1v) is 11.2. The van der Waals surface area contributed by atoms with Crippen LogP contribution < -0.4 is 5.32 Å². The average molecular weight is 444 g/mol. The van der Waals surface area contributed by atoms with Gasteiger partial charge in [0.15, 0.2) is 0 Å². The van der Waals surface area contributed by atoms with Gasteiger partial charge in [-0.3, -0.25) is 9.59 Å². The maximum atomic E-state index is 13.2. The lowest BCUT2D eigenvalue weighted by molar-refractivity contribution is -0.129. The summed E-state index contributed by atoms with van der Waals surface area (Å²) in [5, 5.41) is 2.85. The number of rotatable bonds is 7. The van der Waals surface area contributed by atoms with E-state index in [1.165, 1.54) is 4.90 Å². The van der Waals surface area contributed by atoms with E-state index in [1.54, 1.807) is 13.8 Å². The van der Waals surface area contributed by atoms with Crippen LogP contribution in [-0.4, -0.2) is 27.8 Å². The molecule has 1 heterocycles. The van der Waals surface area contributed by atoms with Crippen molar-refractivity contribution in [1.29, 1.82) is 0 Å². The number of aryl methyl sites for hydroxylation is 2. The van der Waals surface area contributed by atoms with Crippen molar-refractivity contribution in [2.75, 3.05) is 11.9 Å². The molecule has 5 heteroatoms. The van der Waals surface area contributed by atoms with Crippen LogP contribution in [0.2, 0.25) is 0 Å². The maximum absolute atomic E-state index is 13.2. The molecule has 3 rings (SSSR count). The summed E-state index contributed by atoms with van der Waals surface area (Å²) in [6.45, 7) is 13.5. The van der Waals surface area contributed by atoms with Crippen LogP contribution in [0.5, 0.6) is 0 Å². The van der Waals surface area contributed by atoms with Crippen molar-refractivity contribution in [3.63, 3.8) is 0 Å². The molecule has 0 fully saturated rings. The first-order chi connectivity index (χ1) is 15.7. The first-order valence-electron chi connectivity index (χ1n) is 11.2. The van der Waals surface area contributed by atoms with E-state index in [0.717, 1.165) is 28.9 Å². The van der Waals surface area contributed by atoms with Gasteiger partial charge in [0.05, 0.1) is 6.04 Å². The number of carbonyl (C=O) groups excluding carboxylic acids is 2. The molecule has 1 atom stereocenters. The number of hydrogen-bond acceptors (Lipinski definition) is 2. The molecule has 0 radical (unpaired) electrons. The molecule has 172 valence electrons. The van der Waals surface area contributed by atoms with E-state index in [4.69, 9.17) is 0 Å². The van der Waals surface area contributed by atoms with Crippen LogP contribution in [0.25, 0.3) is 6.08 Å². The summed E-state index contributed by atoms with van der Waals surface area (Å²) in [7, 11) is 0. The maximum Gasteiger partial charge on any atom is 0.254 e. The van der Waals surface area contributed by atoms with E-state index in [1.807, 2.05) is 37.3 Å². The van der Waals surface area contributed by atoms with E-state index < -0.39 is 0 Å². The number of amides is 2. The Morgan fingerprint density at radius 2 is 1.85 bits per heavy atom. The Labute approximate surface area is 196 Å². The minimum Gasteiger partial charge on any atom is -0.341 e. The Hall–Kier alpha value is -3.60. The normalized spacial score (nSPS) is 15.4. The predicted molar refractivity (Wildman–Crippen MR) is 136 cm³/mol. The summed E-state index contributed by atoms with van der Waals surface area (Å²) in [6.07, 6.45) is 11.4. The topological polar surface area (TPSA) is 54.3 Å². The molecular formula is C28H33N3O2. The van der Waals surface area contributed by atoms with E-state index >= 15 is 0 Å². The standard InChI is InChI=1S/C28H33N3O2/c1-19(2)30(18-27(32)29-25-14-12-20(3)13-15-25)28(33)21(4)16-24-17-22(5)31(23(24)6)26-10-8-7-9-11-26/h7-10,12-17,26H,1,11,18H2,2-6H3,(H,29,32)/b21-16+. The van der Waals surface area contributed by atoms with Crippen molar-refractivity contribution < 1.29 is 9.59 Å². The van der Waals surface area contributed by atoms with Gasteiger partial charge in [-0.1, -0.05) is 48.6 Å². The fraction of sp³-hybridized carbons (Fsp3) is 0.286. The highest BCUT2D eigenvalue weighted by molar-refractivity contribution is 6.02. The molecule has 1 aliphatic rings. The fourth-order valence-corrected chi connectivity index (χ4v) is 4.09. The van der Waals surface area contributed by atoms with Crippen molar-refractivity contribution in [2.45, 2.75) is 47.1 Å². The van der Waals surface area contributed by atoms with Crippen LogP contribution >= 0.6 is 0 Å². The average Bonchev–Trinajstić information content (AvgIpc) is 3.06. The smallest absolute Gasteiger partial charge is 0.254 e. The van der Waals surface area contributed by atoms with Gasteiger partial charge < -0.3 is 14.8 Å². The molecule has 5 nitrogen and oxygen atoms in total. The quantitative estimate of drug-likeness (QED) is 0.544. The number of hydrogen-bond donors (Lipinski definition) is 1. The van der Waals surface area contributed by atoms with Crippen molar-refractivity contribution in [1.82, 2.24) is 9.47 Å². The van der Waals surface area contributed by atoms with Gasteiger partial charge in [-0.15, -0.1) is 0 Å². The molecule has 1 unspecified atom stereocenters. The van der Waals surface area contributed by atoms with Gasteiger partial charge in [0.2, 0.25) is 5.91 Å². The highest BCUT2D eigenvalue weighted by Gasteiger charge is 2.21. The Kier molecular flexibility index (Phi) is 7.54. The van der Waals surface area contributed by atoms with Gasteiger partial charge in [-0.05, 0) is 70.9 Å². The minimum atomic E-state index is -0.265. The number of nitrogens with one attached hydrogen (secondary N) is 1. The van der Waals surface area contributed by atoms with E-state index in [2.05, 4.69) is 60.7 Å². The second-order valence-electron chi connectivity index (χ2n) is 8.68. The third kappa shape index (κ3) is 5.80. The van der Waals surface area contributed by atoms with Gasteiger partial charge in [0, 0.05) is 28.3 Å². The molecule has 1 aromatic heterocycles. The fourth-order valence-electron chi connectivity index (χ4n) is 4.09. The van der Waals surface area contributed by atoms with Crippen molar-refractivity contribution >= 4 is 23.6 Å². The van der Waals surface area contributed by atoms with Crippen LogP contribution in [0.15, 0.2) is 72.5 Å². The molecule has 0 aliphatic heterocycles. The summed E-state index contributed by atoms with van der Waals surface area (Å²) < 4.78 is 2.30. The number of anilines is 1. The molecule has 0 bridgehead atoms. The van der Waals surface area contributed by atoms with Crippen LogP contribution in [0.3, 0.4) is 0 Å². The largest absolute Gasteiger partial charge is 0.341 e. The second-order valence-corrected chi connectivity index (χ2v) is 8.68. The first kappa shape index (κ1) is 24.1. The van der Waals surface area contributed by atoms with Gasteiger partial charge in [-0.25, -0.2) is 0 Å². The summed E-state index contributed by atoms with van der Waals surface area (Å²) >= 11 is 0. The van der Waals surface area contributed by atoms with Crippen molar-refractivity contribution in [3.8, 4) is 0 Å². The second kappa shape index (κ2) is 10.3. The third-order valence-electron chi connectivity index (χ3n) is 5.87. The summed E-state index contributed by atoms with van der Waals surface area (Å²) in [5.74, 6) is -0.495. The van der Waals surface area contributed by atoms with Gasteiger partial charge in [0.25, 0.3) is 5.91 Å². The lowest BCUT2D eigenvalue weighted by Crippen LogP contribution is -2.36. The summed E-state index contributed by atoms with van der Waals surface area (Å²) in [4.78, 5) is 27.2. The predicted octanol–water partition coefficient (Wildman–Crippen LogP) is 5.87. The lowest BCUT2D eigenvalue weighted by atomic mass is 10.1. The highest BCUT2D eigenvalue weighted by Crippen LogP contribution is 2.27. The van der Waals surface area contributed by atoms with Crippen LogP contribution in [-0.2, 0) is 9.59 Å². The minimum absolute atomic E-state index is 0.0918. The Morgan fingerprint density at radius 3 is 2.45 bits per heavy atom. The van der Waals surface area contributed by atoms with Crippen molar-refractivity contribution in [3.05, 3.63) is 95.0 Å². The molecule has 33 heavy (non-hydrogen) atoms. The molecule has 0 saturated carbocycles. The van der Waals surface area contributed by atoms with Crippen LogP contribution in [0.1, 0.15) is 48.8 Å². The Morgan fingerprint density at radius 1 is 1.15 bits per heavy atom. The van der Waals surface area contributed by atoms with E-state index in [0.29, 0.717) is 17.0 Å². The van der Waals surface area contributed by atoms with Crippen LogP contribution in [0, 0.1) is 20.8 Å². The molecule has 0 saturated heterocycles. The van der Waals surface area contributed by atoms with Crippen LogP contribution in [0.4, 0.5) is 5.69 Å². The van der Waals surface area contributed by atoms with E-state index in [9.17, 15) is 9.59 Å². The molecular weight excluding hydrogens is 410 g/mol. The van der Waals surface area contributed by atoms with Gasteiger partial charge in [-0.2, -0.15) is 0 Å². The molecule has 2 amide bonds. The summed E-state index contributed by atoms with van der Waals surface area (Å²) in [5.41, 5.74) is 6.17. The summed E-state index contributed by atoms with van der Waals surface area (Å²) in [6, 6.07) is 9.94. The van der Waals surface area contributed by atoms with Crippen molar-refractivity contribution in [2.24, 2.45) is 0 Å². The monoisotopic (exact) mass is 443 g/mol. The lowest BCUT2D eigenvalue weighted by Gasteiger charge is -2.22. The molecule has 1 N–H and O–H groups in total. The third-order valence-corrected chi connectivity index (χ3v) is 5.87. The molecule has 0 spiro atoms. The molecule has 1 aliphatic carbocycles. The molecule has 2 aromatic rings. The number of carbonyl (C=O) groups is 2. The van der Waals surface area contributed by atoms with Gasteiger partial charge in [0.1, 0.15) is 6.54 Å². The number of nitrogens with zero attached hydrogens (tertiary/aromatic N) is 2. The zero-order chi connectivity index (χ0) is 24.1. The van der Waals surface area contributed by atoms with Gasteiger partial charge >= 0.3 is 0 Å². The van der Waals surface area contributed by atoms with E-state index in [-0.39, 0.29) is 24.4 Å². The zero-order valence-corrected chi connectivity index (χ0v) is 20.2. The number of benzene rings is 1. The zero-order valence-electron chi connectivity index (χ0n) is 20.2. The SMILES string of the molecule is C=C(C)N(CC(=O)Nc1ccc(C)cc1)C(=O)/C(C)=C/c1cc(C)n(C2C=CC=CC2)c1C.